The monoisotopic (exact) mass is 254 g/mol. The number of amides is 1. The summed E-state index contributed by atoms with van der Waals surface area (Å²) in [6.45, 7) is 8.06. The molecule has 1 rings (SSSR count). The van der Waals surface area contributed by atoms with Crippen LogP contribution in [0.15, 0.2) is 17.3 Å². The molecular weight excluding hydrogens is 232 g/mol. The Morgan fingerprint density at radius 2 is 2.28 bits per heavy atom. The molecule has 1 unspecified atom stereocenters. The van der Waals surface area contributed by atoms with E-state index in [1.165, 1.54) is 0 Å². The Morgan fingerprint density at radius 1 is 1.50 bits per heavy atom. The fourth-order valence-electron chi connectivity index (χ4n) is 1.89. The highest BCUT2D eigenvalue weighted by molar-refractivity contribution is 5.75. The maximum absolute atomic E-state index is 10.6. The van der Waals surface area contributed by atoms with Crippen molar-refractivity contribution in [2.45, 2.75) is 12.5 Å². The summed E-state index contributed by atoms with van der Waals surface area (Å²) >= 11 is 0. The molecule has 0 radical (unpaired) electrons. The Balaban J connectivity index is 2.61. The first-order valence-electron chi connectivity index (χ1n) is 6.04. The summed E-state index contributed by atoms with van der Waals surface area (Å²) in [5, 5.41) is 6.01. The summed E-state index contributed by atoms with van der Waals surface area (Å²) in [5.41, 5.74) is 11.4. The summed E-state index contributed by atoms with van der Waals surface area (Å²) in [6.07, 6.45) is 1.70. The van der Waals surface area contributed by atoms with Gasteiger partial charge in [-0.2, -0.15) is 0 Å². The second-order valence-electron chi connectivity index (χ2n) is 4.18. The van der Waals surface area contributed by atoms with Gasteiger partial charge >= 0.3 is 0 Å². The predicted octanol–water partition coefficient (Wildman–Crippen LogP) is -1.82. The predicted molar refractivity (Wildman–Crippen MR) is 71.9 cm³/mol. The van der Waals surface area contributed by atoms with Crippen LogP contribution in [-0.4, -0.2) is 56.0 Å². The minimum Gasteiger partial charge on any atom is -0.372 e. The van der Waals surface area contributed by atoms with Crippen molar-refractivity contribution in [1.29, 1.82) is 0 Å². The lowest BCUT2D eigenvalue weighted by atomic mass is 10.2. The highest BCUT2D eigenvalue weighted by Gasteiger charge is 2.18. The molecule has 0 aromatic heterocycles. The normalized spacial score (nSPS) is 17.4. The van der Waals surface area contributed by atoms with Crippen LogP contribution in [0.4, 0.5) is 0 Å². The van der Waals surface area contributed by atoms with Crippen LogP contribution in [0.1, 0.15) is 6.42 Å². The number of hydrogen-bond donors (Lipinski definition) is 4. The summed E-state index contributed by atoms with van der Waals surface area (Å²) in [7, 11) is 0. The smallest absolute Gasteiger partial charge is 0.207 e. The van der Waals surface area contributed by atoms with E-state index in [1.807, 2.05) is 0 Å². The van der Waals surface area contributed by atoms with Gasteiger partial charge in [0.25, 0.3) is 0 Å². The van der Waals surface area contributed by atoms with Gasteiger partial charge in [0.15, 0.2) is 5.96 Å². The van der Waals surface area contributed by atoms with Gasteiger partial charge in [-0.25, -0.2) is 0 Å². The van der Waals surface area contributed by atoms with Gasteiger partial charge in [-0.15, -0.1) is 0 Å². The van der Waals surface area contributed by atoms with Crippen LogP contribution in [-0.2, 0) is 4.79 Å². The molecule has 1 amide bonds. The number of nitrogens with one attached hydrogen (secondary N) is 2. The van der Waals surface area contributed by atoms with Gasteiger partial charge in [-0.3, -0.25) is 9.79 Å². The lowest BCUT2D eigenvalue weighted by Crippen LogP contribution is -2.41. The highest BCUT2D eigenvalue weighted by atomic mass is 16.1. The first kappa shape index (κ1) is 14.3. The van der Waals surface area contributed by atoms with Crippen molar-refractivity contribution in [3.63, 3.8) is 0 Å². The molecule has 6 N–H and O–H groups in total. The van der Waals surface area contributed by atoms with Crippen LogP contribution >= 0.6 is 0 Å². The molecule has 7 nitrogen and oxygen atoms in total. The fourth-order valence-corrected chi connectivity index (χ4v) is 1.89. The number of aliphatic imine (C=N–C) groups is 1. The minimum atomic E-state index is -0.261. The maximum atomic E-state index is 10.6. The van der Waals surface area contributed by atoms with Crippen LogP contribution in [0, 0.1) is 0 Å². The van der Waals surface area contributed by atoms with Crippen LogP contribution < -0.4 is 22.1 Å². The Morgan fingerprint density at radius 3 is 2.94 bits per heavy atom. The Labute approximate surface area is 107 Å². The molecule has 1 heterocycles. The number of nitrogens with zero attached hydrogens (tertiary/aromatic N) is 2. The quantitative estimate of drug-likeness (QED) is 0.254. The number of carbonyl (C=O) groups is 1. The average Bonchev–Trinajstić information content (AvgIpc) is 2.62. The summed E-state index contributed by atoms with van der Waals surface area (Å²) in [6, 6.07) is -0.261. The van der Waals surface area contributed by atoms with Crippen LogP contribution in [0.2, 0.25) is 0 Å². The van der Waals surface area contributed by atoms with Crippen molar-refractivity contribution in [2.75, 3.05) is 32.7 Å². The largest absolute Gasteiger partial charge is 0.372 e. The van der Waals surface area contributed by atoms with Crippen molar-refractivity contribution in [1.82, 2.24) is 15.5 Å². The number of guanidine groups is 1. The molecule has 1 aliphatic rings. The lowest BCUT2D eigenvalue weighted by Gasteiger charge is -2.29. The van der Waals surface area contributed by atoms with E-state index in [0.717, 1.165) is 38.3 Å². The minimum absolute atomic E-state index is 0.0121. The second-order valence-corrected chi connectivity index (χ2v) is 4.18. The first-order chi connectivity index (χ1) is 8.65. The van der Waals surface area contributed by atoms with E-state index in [9.17, 15) is 4.79 Å². The van der Waals surface area contributed by atoms with E-state index in [2.05, 4.69) is 27.1 Å². The van der Waals surface area contributed by atoms with E-state index < -0.39 is 0 Å². The molecule has 0 saturated carbocycles. The molecule has 102 valence electrons. The van der Waals surface area contributed by atoms with Crippen molar-refractivity contribution < 1.29 is 4.79 Å². The molecule has 0 bridgehead atoms. The number of hydrogen-bond acceptors (Lipinski definition) is 4. The SMILES string of the molecule is C=C(C(CN=C(N)N)NC=O)N1CCCNCC1. The average molecular weight is 254 g/mol. The molecule has 0 aromatic carbocycles. The molecule has 0 aliphatic carbocycles. The molecular formula is C11H22N6O. The zero-order chi connectivity index (χ0) is 13.4. The molecule has 0 aromatic rings. The van der Waals surface area contributed by atoms with Crippen molar-refractivity contribution in [3.05, 3.63) is 12.3 Å². The third-order valence-electron chi connectivity index (χ3n) is 2.87. The summed E-state index contributed by atoms with van der Waals surface area (Å²) < 4.78 is 0. The van der Waals surface area contributed by atoms with Gasteiger partial charge in [-0.1, -0.05) is 6.58 Å². The van der Waals surface area contributed by atoms with E-state index >= 15 is 0 Å². The van der Waals surface area contributed by atoms with Gasteiger partial charge < -0.3 is 27.0 Å². The highest BCUT2D eigenvalue weighted by Crippen LogP contribution is 2.09. The van der Waals surface area contributed by atoms with E-state index in [-0.39, 0.29) is 12.0 Å². The first-order valence-corrected chi connectivity index (χ1v) is 6.04. The standard InChI is InChI=1S/C11H22N6O/c1-9(17-5-2-3-14-4-6-17)10(16-8-18)7-15-11(12)13/h8,10,14H,1-7H2,(H,16,18)(H4,12,13,15). The summed E-state index contributed by atoms with van der Waals surface area (Å²) in [5.74, 6) is 0.0121. The number of rotatable bonds is 6. The molecule has 18 heavy (non-hydrogen) atoms. The van der Waals surface area contributed by atoms with Crippen molar-refractivity contribution >= 4 is 12.4 Å². The van der Waals surface area contributed by atoms with Gasteiger partial charge in [0.1, 0.15) is 0 Å². The second kappa shape index (κ2) is 7.54. The topological polar surface area (TPSA) is 109 Å². The third kappa shape index (κ3) is 4.62. The Kier molecular flexibility index (Phi) is 5.99. The molecule has 0 spiro atoms. The number of nitrogens with two attached hydrogens (primary N) is 2. The zero-order valence-electron chi connectivity index (χ0n) is 10.6. The molecule has 1 aliphatic heterocycles. The van der Waals surface area contributed by atoms with Crippen LogP contribution in [0.5, 0.6) is 0 Å². The van der Waals surface area contributed by atoms with Gasteiger partial charge in [0.05, 0.1) is 12.6 Å². The van der Waals surface area contributed by atoms with E-state index in [4.69, 9.17) is 11.5 Å². The van der Waals surface area contributed by atoms with Gasteiger partial charge in [0.2, 0.25) is 6.41 Å². The van der Waals surface area contributed by atoms with Crippen LogP contribution in [0.3, 0.4) is 0 Å². The number of carbonyl (C=O) groups excluding carboxylic acids is 1. The molecule has 1 fully saturated rings. The van der Waals surface area contributed by atoms with Crippen molar-refractivity contribution in [2.24, 2.45) is 16.5 Å². The zero-order valence-corrected chi connectivity index (χ0v) is 10.6. The van der Waals surface area contributed by atoms with E-state index in [0.29, 0.717) is 13.0 Å². The molecule has 7 heteroatoms. The lowest BCUT2D eigenvalue weighted by molar-refractivity contribution is -0.110. The van der Waals surface area contributed by atoms with Gasteiger partial charge in [0, 0.05) is 25.3 Å². The Hall–Kier alpha value is -1.76. The maximum Gasteiger partial charge on any atom is 0.207 e. The van der Waals surface area contributed by atoms with Crippen molar-refractivity contribution in [3.8, 4) is 0 Å². The Bertz CT molecular complexity index is 305. The van der Waals surface area contributed by atoms with E-state index in [1.54, 1.807) is 0 Å². The van der Waals surface area contributed by atoms with Gasteiger partial charge in [-0.05, 0) is 13.0 Å². The molecule has 1 saturated heterocycles. The fraction of sp³-hybridized carbons (Fsp3) is 0.636. The third-order valence-corrected chi connectivity index (χ3v) is 2.87. The van der Waals surface area contributed by atoms with Crippen LogP contribution in [0.25, 0.3) is 0 Å². The molecule has 1 atom stereocenters. The summed E-state index contributed by atoms with van der Waals surface area (Å²) in [4.78, 5) is 16.7.